The van der Waals surface area contributed by atoms with E-state index in [9.17, 15) is 0 Å². The Morgan fingerprint density at radius 3 is 2.28 bits per heavy atom. The molecule has 0 unspecified atom stereocenters. The van der Waals surface area contributed by atoms with Crippen molar-refractivity contribution < 1.29 is 9.47 Å². The van der Waals surface area contributed by atoms with Crippen LogP contribution in [0, 0.1) is 0 Å². The van der Waals surface area contributed by atoms with Crippen LogP contribution in [0.3, 0.4) is 0 Å². The number of hydrogen-bond acceptors (Lipinski definition) is 3. The predicted octanol–water partition coefficient (Wildman–Crippen LogP) is 1.62. The van der Waals surface area contributed by atoms with Crippen molar-refractivity contribution in [1.29, 1.82) is 0 Å². The van der Waals surface area contributed by atoms with Crippen molar-refractivity contribution in [2.24, 2.45) is 4.99 Å². The lowest BCUT2D eigenvalue weighted by molar-refractivity contribution is 0.143. The molecular weight excluding hydrogens is 345 g/mol. The summed E-state index contributed by atoms with van der Waals surface area (Å²) in [7, 11) is 3.50. The highest BCUT2D eigenvalue weighted by Gasteiger charge is 1.96. The van der Waals surface area contributed by atoms with Crippen LogP contribution in [-0.4, -0.2) is 53.0 Å². The summed E-state index contributed by atoms with van der Waals surface area (Å²) in [5.74, 6) is 0.859. The van der Waals surface area contributed by atoms with Gasteiger partial charge in [0.05, 0.1) is 0 Å². The topological polar surface area (TPSA) is 54.9 Å². The Hall–Kier alpha value is -0.0800. The maximum atomic E-state index is 5.27. The maximum absolute atomic E-state index is 5.27. The molecule has 2 N–H and O–H groups in total. The van der Waals surface area contributed by atoms with E-state index in [4.69, 9.17) is 9.47 Å². The van der Waals surface area contributed by atoms with Gasteiger partial charge in [-0.25, -0.2) is 0 Å². The lowest BCUT2D eigenvalue weighted by Gasteiger charge is -2.11. The van der Waals surface area contributed by atoms with Crippen LogP contribution in [0.1, 0.15) is 26.2 Å². The first-order valence-electron chi connectivity index (χ1n) is 6.36. The van der Waals surface area contributed by atoms with E-state index in [0.717, 1.165) is 58.1 Å². The van der Waals surface area contributed by atoms with Crippen LogP contribution in [0.5, 0.6) is 0 Å². The van der Waals surface area contributed by atoms with Gasteiger partial charge in [0.15, 0.2) is 5.96 Å². The molecule has 0 bridgehead atoms. The third-order valence-corrected chi connectivity index (χ3v) is 2.25. The van der Waals surface area contributed by atoms with E-state index in [-0.39, 0.29) is 24.0 Å². The second-order valence-corrected chi connectivity index (χ2v) is 3.68. The summed E-state index contributed by atoms with van der Waals surface area (Å²) in [6.45, 7) is 6.25. The summed E-state index contributed by atoms with van der Waals surface area (Å²) in [6, 6.07) is 0. The van der Waals surface area contributed by atoms with Gasteiger partial charge in [-0.2, -0.15) is 0 Å². The second kappa shape index (κ2) is 16.9. The molecule has 0 spiro atoms. The molecule has 18 heavy (non-hydrogen) atoms. The number of nitrogens with zero attached hydrogens (tertiary/aromatic N) is 1. The van der Waals surface area contributed by atoms with Crippen LogP contribution in [-0.2, 0) is 9.47 Å². The molecule has 0 aliphatic heterocycles. The zero-order chi connectivity index (χ0) is 12.8. The molecule has 0 aliphatic carbocycles. The van der Waals surface area contributed by atoms with Gasteiger partial charge in [0, 0.05) is 47.1 Å². The fourth-order valence-electron chi connectivity index (χ4n) is 1.32. The van der Waals surface area contributed by atoms with E-state index in [1.165, 1.54) is 0 Å². The Balaban J connectivity index is 0. The number of hydrogen-bond donors (Lipinski definition) is 2. The number of nitrogens with one attached hydrogen (secondary N) is 2. The molecular formula is C12H28IN3O2. The average Bonchev–Trinajstić information content (AvgIpc) is 2.36. The van der Waals surface area contributed by atoms with Crippen LogP contribution < -0.4 is 10.6 Å². The largest absolute Gasteiger partial charge is 0.385 e. The summed E-state index contributed by atoms with van der Waals surface area (Å²) in [5, 5.41) is 6.50. The summed E-state index contributed by atoms with van der Waals surface area (Å²) in [4.78, 5) is 4.14. The lowest BCUT2D eigenvalue weighted by Crippen LogP contribution is -2.38. The van der Waals surface area contributed by atoms with Gasteiger partial charge in [0.2, 0.25) is 0 Å². The number of guanidine groups is 1. The Kier molecular flexibility index (Phi) is 19.0. The van der Waals surface area contributed by atoms with E-state index in [2.05, 4.69) is 15.6 Å². The average molecular weight is 373 g/mol. The molecule has 0 saturated heterocycles. The van der Waals surface area contributed by atoms with Crippen LogP contribution >= 0.6 is 24.0 Å². The van der Waals surface area contributed by atoms with Gasteiger partial charge in [-0.1, -0.05) is 0 Å². The molecule has 0 aromatic carbocycles. The van der Waals surface area contributed by atoms with Crippen LogP contribution in [0.15, 0.2) is 4.99 Å². The molecule has 6 heteroatoms. The standard InChI is InChI=1S/C12H27N3O2.HI/c1-4-17-11-6-5-8-14-12(13-2)15-9-7-10-16-3;/h4-11H2,1-3H3,(H2,13,14,15);1H. The van der Waals surface area contributed by atoms with E-state index in [1.807, 2.05) is 6.92 Å². The van der Waals surface area contributed by atoms with Gasteiger partial charge in [-0.3, -0.25) is 4.99 Å². The maximum Gasteiger partial charge on any atom is 0.190 e. The van der Waals surface area contributed by atoms with Gasteiger partial charge in [0.25, 0.3) is 0 Å². The van der Waals surface area contributed by atoms with Gasteiger partial charge in [-0.05, 0) is 26.2 Å². The quantitative estimate of drug-likeness (QED) is 0.265. The Labute approximate surface area is 128 Å². The van der Waals surface area contributed by atoms with Crippen LogP contribution in [0.25, 0.3) is 0 Å². The number of methoxy groups -OCH3 is 1. The van der Waals surface area contributed by atoms with Gasteiger partial charge in [0.1, 0.15) is 0 Å². The first-order chi connectivity index (χ1) is 8.35. The monoisotopic (exact) mass is 373 g/mol. The molecule has 0 saturated carbocycles. The number of rotatable bonds is 10. The van der Waals surface area contributed by atoms with Crippen molar-refractivity contribution in [1.82, 2.24) is 10.6 Å². The molecule has 0 rings (SSSR count). The van der Waals surface area contributed by atoms with E-state index in [1.54, 1.807) is 14.2 Å². The molecule has 110 valence electrons. The first kappa shape index (κ1) is 20.2. The summed E-state index contributed by atoms with van der Waals surface area (Å²) in [5.41, 5.74) is 0. The summed E-state index contributed by atoms with van der Waals surface area (Å²) in [6.07, 6.45) is 3.17. The molecule has 0 fully saturated rings. The van der Waals surface area contributed by atoms with Crippen molar-refractivity contribution in [2.75, 3.05) is 47.1 Å². The van der Waals surface area contributed by atoms with Gasteiger partial charge in [-0.15, -0.1) is 24.0 Å². The highest BCUT2D eigenvalue weighted by Crippen LogP contribution is 1.88. The Morgan fingerprint density at radius 2 is 1.72 bits per heavy atom. The molecule has 5 nitrogen and oxygen atoms in total. The van der Waals surface area contributed by atoms with Gasteiger partial charge < -0.3 is 20.1 Å². The molecule has 0 amide bonds. The molecule has 0 radical (unpaired) electrons. The van der Waals surface area contributed by atoms with E-state index < -0.39 is 0 Å². The van der Waals surface area contributed by atoms with Crippen LogP contribution in [0.2, 0.25) is 0 Å². The molecule has 0 heterocycles. The van der Waals surface area contributed by atoms with Gasteiger partial charge >= 0.3 is 0 Å². The third-order valence-electron chi connectivity index (χ3n) is 2.25. The van der Waals surface area contributed by atoms with Crippen molar-refractivity contribution in [2.45, 2.75) is 26.2 Å². The number of unbranched alkanes of at least 4 members (excludes halogenated alkanes) is 1. The molecule has 0 aliphatic rings. The fraction of sp³-hybridized carbons (Fsp3) is 0.917. The minimum absolute atomic E-state index is 0. The minimum atomic E-state index is 0. The fourth-order valence-corrected chi connectivity index (χ4v) is 1.32. The van der Waals surface area contributed by atoms with Crippen molar-refractivity contribution in [3.63, 3.8) is 0 Å². The Bertz CT molecular complexity index is 192. The highest BCUT2D eigenvalue weighted by molar-refractivity contribution is 14.0. The SMILES string of the molecule is CCOCCCCNC(=NC)NCCCOC.I. The first-order valence-corrected chi connectivity index (χ1v) is 6.36. The van der Waals surface area contributed by atoms with Crippen molar-refractivity contribution in [3.8, 4) is 0 Å². The smallest absolute Gasteiger partial charge is 0.190 e. The highest BCUT2D eigenvalue weighted by atomic mass is 127. The summed E-state index contributed by atoms with van der Waals surface area (Å²) < 4.78 is 10.3. The molecule has 0 aromatic heterocycles. The molecule has 0 atom stereocenters. The van der Waals surface area contributed by atoms with Crippen molar-refractivity contribution >= 4 is 29.9 Å². The summed E-state index contributed by atoms with van der Waals surface area (Å²) >= 11 is 0. The lowest BCUT2D eigenvalue weighted by atomic mass is 10.3. The Morgan fingerprint density at radius 1 is 1.06 bits per heavy atom. The van der Waals surface area contributed by atoms with E-state index >= 15 is 0 Å². The number of ether oxygens (including phenoxy) is 2. The zero-order valence-electron chi connectivity index (χ0n) is 11.8. The van der Waals surface area contributed by atoms with Crippen molar-refractivity contribution in [3.05, 3.63) is 0 Å². The normalized spacial score (nSPS) is 10.9. The minimum Gasteiger partial charge on any atom is -0.385 e. The zero-order valence-corrected chi connectivity index (χ0v) is 14.2. The number of aliphatic imine (C=N–C) groups is 1. The van der Waals surface area contributed by atoms with Crippen LogP contribution in [0.4, 0.5) is 0 Å². The number of halogens is 1. The third kappa shape index (κ3) is 14.0. The second-order valence-electron chi connectivity index (χ2n) is 3.68. The van der Waals surface area contributed by atoms with E-state index in [0.29, 0.717) is 0 Å². The molecule has 0 aromatic rings. The predicted molar refractivity (Wildman–Crippen MR) is 87.0 cm³/mol.